The molecule has 0 spiro atoms. The monoisotopic (exact) mass is 285 g/mol. The van der Waals surface area contributed by atoms with Crippen LogP contribution in [0.3, 0.4) is 0 Å². The van der Waals surface area contributed by atoms with Crippen molar-refractivity contribution in [2.45, 2.75) is 44.3 Å². The third-order valence-corrected chi connectivity index (χ3v) is 4.18. The topological polar surface area (TPSA) is 64.4 Å². The summed E-state index contributed by atoms with van der Waals surface area (Å²) in [6, 6.07) is 6.36. The highest BCUT2D eigenvalue weighted by Gasteiger charge is 2.36. The highest BCUT2D eigenvalue weighted by Crippen LogP contribution is 2.38. The van der Waals surface area contributed by atoms with Crippen LogP contribution in [0.5, 0.6) is 0 Å². The van der Waals surface area contributed by atoms with Crippen LogP contribution in [0.25, 0.3) is 0 Å². The second kappa shape index (κ2) is 4.69. The van der Waals surface area contributed by atoms with E-state index < -0.39 is 0 Å². The van der Waals surface area contributed by atoms with Gasteiger partial charge < -0.3 is 19.6 Å². The van der Waals surface area contributed by atoms with Gasteiger partial charge in [-0.3, -0.25) is 4.79 Å². The number of hydrogen-bond donors (Lipinski definition) is 1. The molecular formula is C16H19N3O2. The van der Waals surface area contributed by atoms with Crippen molar-refractivity contribution in [3.63, 3.8) is 0 Å². The Morgan fingerprint density at radius 2 is 2.19 bits per heavy atom. The molecule has 0 unspecified atom stereocenters. The number of furan rings is 1. The highest BCUT2D eigenvalue weighted by molar-refractivity contribution is 5.94. The minimum atomic E-state index is 0.0671. The number of hydrogen-bond acceptors (Lipinski definition) is 3. The first-order valence-corrected chi connectivity index (χ1v) is 7.53. The fourth-order valence-electron chi connectivity index (χ4n) is 2.80. The Morgan fingerprint density at radius 1 is 1.38 bits per heavy atom. The van der Waals surface area contributed by atoms with Crippen LogP contribution < -0.4 is 5.73 Å². The van der Waals surface area contributed by atoms with Gasteiger partial charge in [0, 0.05) is 18.3 Å². The molecule has 0 atom stereocenters. The van der Waals surface area contributed by atoms with Gasteiger partial charge in [0.2, 0.25) is 0 Å². The van der Waals surface area contributed by atoms with Crippen LogP contribution in [-0.2, 0) is 6.54 Å². The SMILES string of the molecule is Nc1cc(C(=O)N(Cc2ccco2)C2CC2)n(C2CC2)c1. The maximum atomic E-state index is 12.9. The summed E-state index contributed by atoms with van der Waals surface area (Å²) in [5.41, 5.74) is 7.28. The standard InChI is InChI=1S/C16H19N3O2/c17-11-8-15(18(9-11)12-3-4-12)16(20)19(13-5-6-13)10-14-2-1-7-21-14/h1-2,7-9,12-13H,3-6,10,17H2. The van der Waals surface area contributed by atoms with E-state index >= 15 is 0 Å². The van der Waals surface area contributed by atoms with Gasteiger partial charge in [0.05, 0.1) is 18.5 Å². The van der Waals surface area contributed by atoms with Crippen molar-refractivity contribution in [3.8, 4) is 0 Å². The van der Waals surface area contributed by atoms with Gasteiger partial charge in [-0.15, -0.1) is 0 Å². The van der Waals surface area contributed by atoms with Crippen LogP contribution in [0.2, 0.25) is 0 Å². The Kier molecular flexibility index (Phi) is 2.80. The summed E-state index contributed by atoms with van der Waals surface area (Å²) in [6.45, 7) is 0.534. The number of nitrogen functional groups attached to an aromatic ring is 1. The van der Waals surface area contributed by atoms with Gasteiger partial charge >= 0.3 is 0 Å². The molecule has 0 radical (unpaired) electrons. The largest absolute Gasteiger partial charge is 0.467 e. The molecule has 2 aliphatic rings. The van der Waals surface area contributed by atoms with Gasteiger partial charge in [-0.1, -0.05) is 0 Å². The Bertz CT molecular complexity index is 651. The predicted molar refractivity (Wildman–Crippen MR) is 78.7 cm³/mol. The van der Waals surface area contributed by atoms with Crippen molar-refractivity contribution in [1.82, 2.24) is 9.47 Å². The van der Waals surface area contributed by atoms with Gasteiger partial charge in [-0.2, -0.15) is 0 Å². The maximum Gasteiger partial charge on any atom is 0.271 e. The Morgan fingerprint density at radius 3 is 2.81 bits per heavy atom. The van der Waals surface area contributed by atoms with Crippen molar-refractivity contribution in [1.29, 1.82) is 0 Å². The number of rotatable bonds is 5. The summed E-state index contributed by atoms with van der Waals surface area (Å²) < 4.78 is 7.45. The summed E-state index contributed by atoms with van der Waals surface area (Å²) in [5.74, 6) is 0.894. The van der Waals surface area contributed by atoms with E-state index in [2.05, 4.69) is 4.57 Å². The minimum Gasteiger partial charge on any atom is -0.467 e. The van der Waals surface area contributed by atoms with Crippen LogP contribution in [0.4, 0.5) is 5.69 Å². The van der Waals surface area contributed by atoms with E-state index in [9.17, 15) is 4.79 Å². The van der Waals surface area contributed by atoms with E-state index in [0.29, 0.717) is 30.0 Å². The minimum absolute atomic E-state index is 0.0671. The van der Waals surface area contributed by atoms with Crippen molar-refractivity contribution >= 4 is 11.6 Å². The van der Waals surface area contributed by atoms with Crippen molar-refractivity contribution < 1.29 is 9.21 Å². The zero-order valence-electron chi connectivity index (χ0n) is 11.9. The summed E-state index contributed by atoms with van der Waals surface area (Å²) in [7, 11) is 0. The lowest BCUT2D eigenvalue weighted by molar-refractivity contribution is 0.0706. The molecule has 5 heteroatoms. The van der Waals surface area contributed by atoms with Crippen molar-refractivity contribution in [3.05, 3.63) is 42.1 Å². The first kappa shape index (κ1) is 12.6. The fourth-order valence-corrected chi connectivity index (χ4v) is 2.80. The average molecular weight is 285 g/mol. The number of aromatic nitrogens is 1. The molecule has 2 N–H and O–H groups in total. The molecule has 0 saturated heterocycles. The molecular weight excluding hydrogens is 266 g/mol. The fraction of sp³-hybridized carbons (Fsp3) is 0.438. The zero-order chi connectivity index (χ0) is 14.4. The third-order valence-electron chi connectivity index (χ3n) is 4.18. The molecule has 5 nitrogen and oxygen atoms in total. The van der Waals surface area contributed by atoms with E-state index in [1.54, 1.807) is 12.3 Å². The normalized spacial score (nSPS) is 17.9. The molecule has 0 aliphatic heterocycles. The maximum absolute atomic E-state index is 12.9. The predicted octanol–water partition coefficient (Wildman–Crippen LogP) is 2.80. The molecule has 2 aromatic heterocycles. The number of carbonyl (C=O) groups excluding carboxylic acids is 1. The van der Waals surface area contributed by atoms with Crippen LogP contribution >= 0.6 is 0 Å². The van der Waals surface area contributed by atoms with Gasteiger partial charge in [0.25, 0.3) is 5.91 Å². The quantitative estimate of drug-likeness (QED) is 0.918. The van der Waals surface area contributed by atoms with E-state index in [4.69, 9.17) is 10.2 Å². The van der Waals surface area contributed by atoms with Gasteiger partial charge in [-0.05, 0) is 43.9 Å². The number of nitrogens with two attached hydrogens (primary N) is 1. The van der Waals surface area contributed by atoms with E-state index in [-0.39, 0.29) is 5.91 Å². The molecule has 0 bridgehead atoms. The van der Waals surface area contributed by atoms with E-state index in [0.717, 1.165) is 31.4 Å². The van der Waals surface area contributed by atoms with Crippen molar-refractivity contribution in [2.24, 2.45) is 0 Å². The molecule has 1 amide bonds. The van der Waals surface area contributed by atoms with E-state index in [1.807, 2.05) is 23.2 Å². The molecule has 110 valence electrons. The number of amides is 1. The molecule has 2 saturated carbocycles. The van der Waals surface area contributed by atoms with Crippen LogP contribution in [-0.4, -0.2) is 21.4 Å². The smallest absolute Gasteiger partial charge is 0.271 e. The lowest BCUT2D eigenvalue weighted by Gasteiger charge is -2.22. The number of anilines is 1. The van der Waals surface area contributed by atoms with Crippen molar-refractivity contribution in [2.75, 3.05) is 5.73 Å². The lowest BCUT2D eigenvalue weighted by Crippen LogP contribution is -2.33. The second-order valence-electron chi connectivity index (χ2n) is 6.04. The molecule has 21 heavy (non-hydrogen) atoms. The van der Waals surface area contributed by atoms with Gasteiger partial charge in [0.15, 0.2) is 0 Å². The van der Waals surface area contributed by atoms with Crippen LogP contribution in [0, 0.1) is 0 Å². The Balaban J connectivity index is 1.61. The third kappa shape index (κ3) is 2.44. The Labute approximate surface area is 123 Å². The van der Waals surface area contributed by atoms with E-state index in [1.165, 1.54) is 0 Å². The molecule has 0 aromatic carbocycles. The lowest BCUT2D eigenvalue weighted by atomic mass is 10.3. The molecule has 4 rings (SSSR count). The molecule has 2 aromatic rings. The molecule has 2 fully saturated rings. The first-order chi connectivity index (χ1) is 10.2. The van der Waals surface area contributed by atoms with Gasteiger partial charge in [-0.25, -0.2) is 0 Å². The molecule has 2 aliphatic carbocycles. The molecule has 2 heterocycles. The first-order valence-electron chi connectivity index (χ1n) is 7.53. The Hall–Kier alpha value is -2.17. The van der Waals surface area contributed by atoms with Gasteiger partial charge in [0.1, 0.15) is 11.5 Å². The zero-order valence-corrected chi connectivity index (χ0v) is 11.9. The second-order valence-corrected chi connectivity index (χ2v) is 6.04. The highest BCUT2D eigenvalue weighted by atomic mass is 16.3. The summed E-state index contributed by atoms with van der Waals surface area (Å²) in [4.78, 5) is 14.8. The summed E-state index contributed by atoms with van der Waals surface area (Å²) in [5, 5.41) is 0. The average Bonchev–Trinajstić information content (AvgIpc) is 3.40. The summed E-state index contributed by atoms with van der Waals surface area (Å²) in [6.07, 6.45) is 7.96. The number of carbonyl (C=O) groups is 1. The van der Waals surface area contributed by atoms with Crippen LogP contribution in [0.1, 0.15) is 48.0 Å². The summed E-state index contributed by atoms with van der Waals surface area (Å²) >= 11 is 0. The number of nitrogens with zero attached hydrogens (tertiary/aromatic N) is 2. The van der Waals surface area contributed by atoms with Crippen LogP contribution in [0.15, 0.2) is 35.1 Å².